The van der Waals surface area contributed by atoms with Crippen LogP contribution in [-0.2, 0) is 9.47 Å². The van der Waals surface area contributed by atoms with Crippen molar-refractivity contribution in [2.45, 2.75) is 6.92 Å². The van der Waals surface area contributed by atoms with Gasteiger partial charge in [-0.1, -0.05) is 12.1 Å². The molecule has 0 aliphatic heterocycles. The quantitative estimate of drug-likeness (QED) is 0.789. The first-order valence-electron chi connectivity index (χ1n) is 6.35. The predicted octanol–water partition coefficient (Wildman–Crippen LogP) is 1.11. The van der Waals surface area contributed by atoms with Gasteiger partial charge in [0.1, 0.15) is 5.56 Å². The average molecular weight is 302 g/mol. The van der Waals surface area contributed by atoms with Crippen LogP contribution in [0.15, 0.2) is 35.3 Å². The van der Waals surface area contributed by atoms with Gasteiger partial charge in [0.15, 0.2) is 0 Å². The van der Waals surface area contributed by atoms with E-state index in [0.717, 1.165) is 19.8 Å². The Kier molecular flexibility index (Phi) is 4.36. The van der Waals surface area contributed by atoms with Gasteiger partial charge in [-0.15, -0.1) is 0 Å². The Labute approximate surface area is 126 Å². The van der Waals surface area contributed by atoms with Gasteiger partial charge in [-0.05, 0) is 24.6 Å². The Morgan fingerprint density at radius 1 is 1.14 bits per heavy atom. The van der Waals surface area contributed by atoms with Crippen LogP contribution in [0.2, 0.25) is 0 Å². The van der Waals surface area contributed by atoms with Gasteiger partial charge in [-0.3, -0.25) is 4.79 Å². The highest BCUT2D eigenvalue weighted by Crippen LogP contribution is 2.10. The number of benzene rings is 1. The molecule has 7 nitrogen and oxygen atoms in total. The maximum atomic E-state index is 12.1. The minimum atomic E-state index is -0.919. The largest absolute Gasteiger partial charge is 0.465 e. The molecule has 0 N–H and O–H groups in total. The predicted molar refractivity (Wildman–Crippen MR) is 77.3 cm³/mol. The van der Waals surface area contributed by atoms with Crippen LogP contribution in [0.1, 0.15) is 26.4 Å². The summed E-state index contributed by atoms with van der Waals surface area (Å²) in [6, 6.07) is 7.20. The van der Waals surface area contributed by atoms with E-state index in [1.165, 1.54) is 10.9 Å². The van der Waals surface area contributed by atoms with Crippen molar-refractivity contribution in [3.63, 3.8) is 0 Å². The number of aromatic nitrogens is 2. The molecule has 0 aliphatic rings. The highest BCUT2D eigenvalue weighted by atomic mass is 16.5. The van der Waals surface area contributed by atoms with Gasteiger partial charge < -0.3 is 9.47 Å². The first kappa shape index (κ1) is 15.4. The number of nitrogens with zero attached hydrogens (tertiary/aromatic N) is 2. The zero-order chi connectivity index (χ0) is 16.3. The molecule has 22 heavy (non-hydrogen) atoms. The number of carbonyl (C=O) groups excluding carboxylic acids is 2. The molecule has 0 fully saturated rings. The van der Waals surface area contributed by atoms with E-state index < -0.39 is 23.1 Å². The minimum Gasteiger partial charge on any atom is -0.465 e. The van der Waals surface area contributed by atoms with E-state index in [1.54, 1.807) is 18.2 Å². The lowest BCUT2D eigenvalue weighted by atomic mass is 10.2. The Balaban J connectivity index is 2.72. The van der Waals surface area contributed by atoms with Crippen LogP contribution in [0, 0.1) is 6.92 Å². The molecule has 0 aliphatic carbocycles. The van der Waals surface area contributed by atoms with Gasteiger partial charge in [0, 0.05) is 6.20 Å². The maximum Gasteiger partial charge on any atom is 0.362 e. The number of esters is 2. The van der Waals surface area contributed by atoms with E-state index in [0.29, 0.717) is 5.69 Å². The lowest BCUT2D eigenvalue weighted by molar-refractivity contribution is 0.0587. The summed E-state index contributed by atoms with van der Waals surface area (Å²) in [5.74, 6) is -1.77. The fourth-order valence-electron chi connectivity index (χ4n) is 1.88. The summed E-state index contributed by atoms with van der Waals surface area (Å²) in [6.07, 6.45) is 1.23. The first-order valence-corrected chi connectivity index (χ1v) is 6.35. The van der Waals surface area contributed by atoms with E-state index in [4.69, 9.17) is 0 Å². The Hall–Kier alpha value is -2.96. The molecule has 0 unspecified atom stereocenters. The van der Waals surface area contributed by atoms with Crippen LogP contribution in [0.25, 0.3) is 5.69 Å². The Morgan fingerprint density at radius 2 is 1.82 bits per heavy atom. The molecule has 2 aromatic rings. The van der Waals surface area contributed by atoms with Gasteiger partial charge in [-0.25, -0.2) is 14.3 Å². The van der Waals surface area contributed by atoms with Crippen molar-refractivity contribution < 1.29 is 19.1 Å². The van der Waals surface area contributed by atoms with E-state index in [2.05, 4.69) is 14.6 Å². The third kappa shape index (κ3) is 2.88. The lowest BCUT2D eigenvalue weighted by Crippen LogP contribution is -2.28. The van der Waals surface area contributed by atoms with Crippen molar-refractivity contribution in [2.24, 2.45) is 0 Å². The standard InChI is InChI=1S/C15H14N2O5/c1-9-5-4-6-10(7-9)17-8-11(14(19)21-2)13(18)12(16-17)15(20)22-3/h4-8H,1-3H3. The zero-order valence-corrected chi connectivity index (χ0v) is 12.3. The SMILES string of the molecule is COC(=O)c1cn(-c2cccc(C)c2)nc(C(=O)OC)c1=O. The fraction of sp³-hybridized carbons (Fsp3) is 0.200. The molecule has 0 saturated carbocycles. The van der Waals surface area contributed by atoms with E-state index >= 15 is 0 Å². The summed E-state index contributed by atoms with van der Waals surface area (Å²) in [7, 11) is 2.28. The molecule has 114 valence electrons. The summed E-state index contributed by atoms with van der Waals surface area (Å²) in [5, 5.41) is 3.95. The monoisotopic (exact) mass is 302 g/mol. The van der Waals surface area contributed by atoms with E-state index in [1.807, 2.05) is 13.0 Å². The number of ether oxygens (including phenoxy) is 2. The van der Waals surface area contributed by atoms with Crippen molar-refractivity contribution in [1.29, 1.82) is 0 Å². The number of methoxy groups -OCH3 is 2. The molecule has 2 rings (SSSR count). The van der Waals surface area contributed by atoms with Crippen LogP contribution in [0.4, 0.5) is 0 Å². The van der Waals surface area contributed by atoms with Crippen molar-refractivity contribution in [2.75, 3.05) is 14.2 Å². The van der Waals surface area contributed by atoms with Gasteiger partial charge in [0.2, 0.25) is 11.1 Å². The summed E-state index contributed by atoms with van der Waals surface area (Å²) in [4.78, 5) is 35.6. The second kappa shape index (κ2) is 6.21. The number of aryl methyl sites for hydroxylation is 1. The fourth-order valence-corrected chi connectivity index (χ4v) is 1.88. The molecule has 0 saturated heterocycles. The second-order valence-corrected chi connectivity index (χ2v) is 4.49. The highest BCUT2D eigenvalue weighted by Gasteiger charge is 2.22. The molecule has 0 bridgehead atoms. The normalized spacial score (nSPS) is 10.1. The van der Waals surface area contributed by atoms with Crippen molar-refractivity contribution in [3.05, 3.63) is 57.5 Å². The van der Waals surface area contributed by atoms with Crippen molar-refractivity contribution in [1.82, 2.24) is 9.78 Å². The summed E-state index contributed by atoms with van der Waals surface area (Å²) < 4.78 is 10.4. The molecular formula is C15H14N2O5. The molecule has 1 aromatic heterocycles. The highest BCUT2D eigenvalue weighted by molar-refractivity contribution is 5.93. The van der Waals surface area contributed by atoms with Gasteiger partial charge >= 0.3 is 11.9 Å². The molecule has 1 aromatic carbocycles. The second-order valence-electron chi connectivity index (χ2n) is 4.49. The molecule has 0 atom stereocenters. The third-order valence-corrected chi connectivity index (χ3v) is 2.97. The number of hydrogen-bond donors (Lipinski definition) is 0. The van der Waals surface area contributed by atoms with Crippen molar-refractivity contribution in [3.8, 4) is 5.69 Å². The minimum absolute atomic E-state index is 0.292. The zero-order valence-electron chi connectivity index (χ0n) is 12.3. The van der Waals surface area contributed by atoms with Gasteiger partial charge in [0.25, 0.3) is 0 Å². The summed E-state index contributed by atoms with van der Waals surface area (Å²) in [5.41, 5.74) is -0.0542. The number of hydrogen-bond acceptors (Lipinski definition) is 6. The topological polar surface area (TPSA) is 87.5 Å². The average Bonchev–Trinajstić information content (AvgIpc) is 2.53. The van der Waals surface area contributed by atoms with Crippen LogP contribution < -0.4 is 5.43 Å². The van der Waals surface area contributed by atoms with Crippen LogP contribution in [0.5, 0.6) is 0 Å². The van der Waals surface area contributed by atoms with Gasteiger partial charge in [0.05, 0.1) is 19.9 Å². The third-order valence-electron chi connectivity index (χ3n) is 2.97. The maximum absolute atomic E-state index is 12.1. The molecule has 1 heterocycles. The number of rotatable bonds is 3. The van der Waals surface area contributed by atoms with E-state index in [-0.39, 0.29) is 5.56 Å². The van der Waals surface area contributed by atoms with Crippen LogP contribution in [0.3, 0.4) is 0 Å². The van der Waals surface area contributed by atoms with Crippen LogP contribution in [-0.4, -0.2) is 35.9 Å². The van der Waals surface area contributed by atoms with Crippen LogP contribution >= 0.6 is 0 Å². The Morgan fingerprint density at radius 3 is 2.41 bits per heavy atom. The van der Waals surface area contributed by atoms with E-state index in [9.17, 15) is 14.4 Å². The van der Waals surface area contributed by atoms with Gasteiger partial charge in [-0.2, -0.15) is 5.10 Å². The first-order chi connectivity index (χ1) is 10.5. The number of carbonyl (C=O) groups is 2. The molecule has 7 heteroatoms. The summed E-state index contributed by atoms with van der Waals surface area (Å²) >= 11 is 0. The molecular weight excluding hydrogens is 288 g/mol. The molecule has 0 amide bonds. The summed E-state index contributed by atoms with van der Waals surface area (Å²) in [6.45, 7) is 1.88. The molecule has 0 radical (unpaired) electrons. The molecule has 0 spiro atoms. The van der Waals surface area contributed by atoms with Crippen molar-refractivity contribution >= 4 is 11.9 Å². The smallest absolute Gasteiger partial charge is 0.362 e. The Bertz CT molecular complexity index is 755. The lowest BCUT2D eigenvalue weighted by Gasteiger charge is -2.09.